The second-order valence-corrected chi connectivity index (χ2v) is 7.03. The Hall–Kier alpha value is -1.95. The maximum Gasteiger partial charge on any atom is 0.255 e. The molecule has 3 rings (SSSR count). The lowest BCUT2D eigenvalue weighted by molar-refractivity contribution is 0.0663. The Bertz CT molecular complexity index is 554. The van der Waals surface area contributed by atoms with E-state index in [-0.39, 0.29) is 11.8 Å². The second-order valence-electron chi connectivity index (χ2n) is 7.03. The van der Waals surface area contributed by atoms with Gasteiger partial charge in [0.1, 0.15) is 0 Å². The van der Waals surface area contributed by atoms with Gasteiger partial charge < -0.3 is 14.7 Å². The molecule has 0 unspecified atom stereocenters. The van der Waals surface area contributed by atoms with E-state index < -0.39 is 0 Å². The van der Waals surface area contributed by atoms with Crippen LogP contribution >= 0.6 is 0 Å². The number of pyridine rings is 1. The summed E-state index contributed by atoms with van der Waals surface area (Å²) in [5, 5.41) is 0. The minimum Gasteiger partial charge on any atom is -0.339 e. The minimum absolute atomic E-state index is 0.0116. The van der Waals surface area contributed by atoms with Crippen molar-refractivity contribution in [2.45, 2.75) is 19.8 Å². The lowest BCUT2D eigenvalue weighted by atomic mass is 9.98. The molecule has 0 atom stereocenters. The third-order valence-electron chi connectivity index (χ3n) is 5.09. The fraction of sp³-hybridized carbons (Fsp3) is 0.611. The van der Waals surface area contributed by atoms with Gasteiger partial charge in [0.2, 0.25) is 0 Å². The fourth-order valence-electron chi connectivity index (χ4n) is 3.26. The maximum absolute atomic E-state index is 12.7. The van der Waals surface area contributed by atoms with Gasteiger partial charge in [0.05, 0.1) is 11.1 Å². The van der Waals surface area contributed by atoms with Crippen LogP contribution in [0.5, 0.6) is 0 Å². The van der Waals surface area contributed by atoms with Gasteiger partial charge in [-0.25, -0.2) is 0 Å². The summed E-state index contributed by atoms with van der Waals surface area (Å²) in [4.78, 5) is 35.4. The number of hydrogen-bond acceptors (Lipinski definition) is 4. The average Bonchev–Trinajstić information content (AvgIpc) is 2.62. The number of nitrogens with zero attached hydrogens (tertiary/aromatic N) is 4. The van der Waals surface area contributed by atoms with Crippen molar-refractivity contribution in [2.75, 3.05) is 46.3 Å². The molecule has 2 amide bonds. The Morgan fingerprint density at radius 1 is 0.917 bits per heavy atom. The van der Waals surface area contributed by atoms with Gasteiger partial charge in [0.15, 0.2) is 0 Å². The molecule has 130 valence electrons. The molecule has 0 N–H and O–H groups in total. The highest BCUT2D eigenvalue weighted by Crippen LogP contribution is 2.18. The summed E-state index contributed by atoms with van der Waals surface area (Å²) in [6.07, 6.45) is 5.22. The van der Waals surface area contributed by atoms with Crippen LogP contribution in [-0.2, 0) is 0 Å². The molecule has 0 aliphatic carbocycles. The van der Waals surface area contributed by atoms with Crippen molar-refractivity contribution in [3.63, 3.8) is 0 Å². The van der Waals surface area contributed by atoms with Crippen LogP contribution in [0.2, 0.25) is 0 Å². The van der Waals surface area contributed by atoms with Gasteiger partial charge in [0.25, 0.3) is 11.8 Å². The quantitative estimate of drug-likeness (QED) is 0.821. The van der Waals surface area contributed by atoms with Crippen LogP contribution in [0.15, 0.2) is 18.5 Å². The number of likely N-dealkylation sites (tertiary alicyclic amines) is 1. The summed E-state index contributed by atoms with van der Waals surface area (Å²) in [6, 6.07) is 1.70. The van der Waals surface area contributed by atoms with Crippen molar-refractivity contribution in [2.24, 2.45) is 5.92 Å². The topological polar surface area (TPSA) is 56.8 Å². The molecule has 0 aromatic carbocycles. The highest BCUT2D eigenvalue weighted by atomic mass is 16.2. The molecule has 1 aromatic rings. The first-order valence-corrected chi connectivity index (χ1v) is 8.76. The number of piperazine rings is 1. The number of likely N-dealkylation sites (N-methyl/N-ethyl adjacent to an activating group) is 1. The van der Waals surface area contributed by atoms with E-state index in [1.54, 1.807) is 18.5 Å². The monoisotopic (exact) mass is 330 g/mol. The molecule has 6 heteroatoms. The number of hydrogen-bond donors (Lipinski definition) is 0. The summed E-state index contributed by atoms with van der Waals surface area (Å²) >= 11 is 0. The SMILES string of the molecule is CC1CCN(C(=O)c2cncc(C(=O)N3CCN(C)CC3)c2)CC1. The standard InChI is InChI=1S/C18H26N4O2/c1-14-3-5-21(6-4-14)17(23)15-11-16(13-19-12-15)18(24)22-9-7-20(2)8-10-22/h11-14H,3-10H2,1-2H3. The minimum atomic E-state index is -0.0301. The number of aromatic nitrogens is 1. The van der Waals surface area contributed by atoms with E-state index in [1.807, 2.05) is 9.80 Å². The molecular formula is C18H26N4O2. The lowest BCUT2D eigenvalue weighted by Gasteiger charge is -2.32. The summed E-state index contributed by atoms with van der Waals surface area (Å²) < 4.78 is 0. The Morgan fingerprint density at radius 3 is 1.96 bits per heavy atom. The Labute approximate surface area is 143 Å². The van der Waals surface area contributed by atoms with Gasteiger partial charge in [0, 0.05) is 51.7 Å². The fourth-order valence-corrected chi connectivity index (χ4v) is 3.26. The van der Waals surface area contributed by atoms with Gasteiger partial charge in [-0.3, -0.25) is 14.6 Å². The first-order chi connectivity index (χ1) is 11.5. The van der Waals surface area contributed by atoms with E-state index in [4.69, 9.17) is 0 Å². The second kappa shape index (κ2) is 7.30. The largest absolute Gasteiger partial charge is 0.339 e. The molecule has 3 heterocycles. The first-order valence-electron chi connectivity index (χ1n) is 8.76. The average molecular weight is 330 g/mol. The number of carbonyl (C=O) groups excluding carboxylic acids is 2. The molecule has 2 saturated heterocycles. The van der Waals surface area contributed by atoms with Crippen LogP contribution in [0.3, 0.4) is 0 Å². The lowest BCUT2D eigenvalue weighted by Crippen LogP contribution is -2.47. The number of amides is 2. The molecule has 6 nitrogen and oxygen atoms in total. The normalized spacial score (nSPS) is 20.2. The molecule has 0 saturated carbocycles. The zero-order valence-electron chi connectivity index (χ0n) is 14.6. The molecule has 2 aliphatic heterocycles. The predicted octanol–water partition coefficient (Wildman–Crippen LogP) is 1.34. The van der Waals surface area contributed by atoms with E-state index >= 15 is 0 Å². The Balaban J connectivity index is 1.69. The van der Waals surface area contributed by atoms with Gasteiger partial charge in [-0.2, -0.15) is 0 Å². The van der Waals surface area contributed by atoms with Gasteiger partial charge in [-0.05, 0) is 31.9 Å². The third-order valence-corrected chi connectivity index (χ3v) is 5.09. The smallest absolute Gasteiger partial charge is 0.255 e. The zero-order valence-corrected chi connectivity index (χ0v) is 14.6. The molecular weight excluding hydrogens is 304 g/mol. The van der Waals surface area contributed by atoms with Crippen LogP contribution in [0.25, 0.3) is 0 Å². The Kier molecular flexibility index (Phi) is 5.14. The highest BCUT2D eigenvalue weighted by Gasteiger charge is 2.24. The van der Waals surface area contributed by atoms with Crippen molar-refractivity contribution >= 4 is 11.8 Å². The molecule has 2 fully saturated rings. The van der Waals surface area contributed by atoms with Crippen molar-refractivity contribution in [1.82, 2.24) is 19.7 Å². The molecule has 2 aliphatic rings. The van der Waals surface area contributed by atoms with E-state index in [0.29, 0.717) is 17.0 Å². The van der Waals surface area contributed by atoms with Crippen molar-refractivity contribution in [3.8, 4) is 0 Å². The molecule has 24 heavy (non-hydrogen) atoms. The van der Waals surface area contributed by atoms with Gasteiger partial charge >= 0.3 is 0 Å². The van der Waals surface area contributed by atoms with Gasteiger partial charge in [-0.15, -0.1) is 0 Å². The summed E-state index contributed by atoms with van der Waals surface area (Å²) in [6.45, 7) is 6.99. The zero-order chi connectivity index (χ0) is 17.1. The van der Waals surface area contributed by atoms with Crippen molar-refractivity contribution in [1.29, 1.82) is 0 Å². The van der Waals surface area contributed by atoms with E-state index in [0.717, 1.165) is 52.1 Å². The number of rotatable bonds is 2. The van der Waals surface area contributed by atoms with Crippen LogP contribution in [0.4, 0.5) is 0 Å². The molecule has 0 radical (unpaired) electrons. The van der Waals surface area contributed by atoms with E-state index in [2.05, 4.69) is 23.9 Å². The summed E-state index contributed by atoms with van der Waals surface area (Å²) in [5.41, 5.74) is 1.03. The molecule has 0 spiro atoms. The van der Waals surface area contributed by atoms with Crippen LogP contribution in [0, 0.1) is 5.92 Å². The summed E-state index contributed by atoms with van der Waals surface area (Å²) in [7, 11) is 2.06. The van der Waals surface area contributed by atoms with E-state index in [1.165, 1.54) is 0 Å². The van der Waals surface area contributed by atoms with Crippen LogP contribution in [0.1, 0.15) is 40.5 Å². The third kappa shape index (κ3) is 3.75. The first kappa shape index (κ1) is 16.9. The van der Waals surface area contributed by atoms with Crippen LogP contribution < -0.4 is 0 Å². The van der Waals surface area contributed by atoms with Gasteiger partial charge in [-0.1, -0.05) is 6.92 Å². The molecule has 1 aromatic heterocycles. The maximum atomic E-state index is 12.7. The highest BCUT2D eigenvalue weighted by molar-refractivity contribution is 5.99. The predicted molar refractivity (Wildman–Crippen MR) is 91.9 cm³/mol. The summed E-state index contributed by atoms with van der Waals surface area (Å²) in [5.74, 6) is 0.636. The molecule has 0 bridgehead atoms. The van der Waals surface area contributed by atoms with E-state index in [9.17, 15) is 9.59 Å². The number of piperidine rings is 1. The van der Waals surface area contributed by atoms with Crippen molar-refractivity contribution in [3.05, 3.63) is 29.6 Å². The van der Waals surface area contributed by atoms with Crippen LogP contribution in [-0.4, -0.2) is 77.8 Å². The number of carbonyl (C=O) groups is 2. The van der Waals surface area contributed by atoms with Crippen molar-refractivity contribution < 1.29 is 9.59 Å². The Morgan fingerprint density at radius 2 is 1.42 bits per heavy atom.